The van der Waals surface area contributed by atoms with Crippen molar-refractivity contribution in [1.82, 2.24) is 9.88 Å². The van der Waals surface area contributed by atoms with Gasteiger partial charge in [0, 0.05) is 37.5 Å². The number of hydrogen-bond acceptors (Lipinski definition) is 5. The average molecular weight is 463 g/mol. The second-order valence-corrected chi connectivity index (χ2v) is 10.2. The lowest BCUT2D eigenvalue weighted by Gasteiger charge is -2.28. The van der Waals surface area contributed by atoms with Crippen molar-refractivity contribution in [3.05, 3.63) is 54.4 Å². The van der Waals surface area contributed by atoms with Crippen LogP contribution in [0.25, 0.3) is 0 Å². The lowest BCUT2D eigenvalue weighted by atomic mass is 10.0. The second kappa shape index (κ2) is 8.34. The van der Waals surface area contributed by atoms with Crippen molar-refractivity contribution in [3.8, 4) is 0 Å². The fraction of sp³-hybridized carbons (Fsp3) is 0.423. The maximum absolute atomic E-state index is 13.8. The Labute approximate surface area is 199 Å². The first kappa shape index (κ1) is 23.6. The van der Waals surface area contributed by atoms with Crippen LogP contribution in [-0.2, 0) is 25.7 Å². The number of rotatable bonds is 6. The standard InChI is InChI=1S/C26H30N4O4/c1-16(31)28-18-8-10-19(11-9-18)30-21(32)13-20(23(30)33)29(15-17-7-6-12-27-14-17)24(34)22-25(2,3)26(22,4)5/h6-12,14,20,22H,13,15H2,1-5H3,(H,28,31). The molecular formula is C26H30N4O4. The molecule has 4 amide bonds. The van der Waals surface area contributed by atoms with E-state index in [1.165, 1.54) is 6.92 Å². The van der Waals surface area contributed by atoms with Crippen LogP contribution in [0.5, 0.6) is 0 Å². The molecule has 2 heterocycles. The molecule has 0 radical (unpaired) electrons. The summed E-state index contributed by atoms with van der Waals surface area (Å²) in [5.41, 5.74) is 1.36. The van der Waals surface area contributed by atoms with Crippen molar-refractivity contribution in [2.75, 3.05) is 10.2 Å². The second-order valence-electron chi connectivity index (χ2n) is 10.2. The van der Waals surface area contributed by atoms with Gasteiger partial charge in [-0.15, -0.1) is 0 Å². The molecule has 0 spiro atoms. The molecule has 1 aliphatic heterocycles. The van der Waals surface area contributed by atoms with E-state index in [0.29, 0.717) is 11.4 Å². The number of benzene rings is 1. The Morgan fingerprint density at radius 3 is 2.26 bits per heavy atom. The Kier molecular flexibility index (Phi) is 5.79. The summed E-state index contributed by atoms with van der Waals surface area (Å²) in [6, 6.07) is 9.26. The number of nitrogens with one attached hydrogen (secondary N) is 1. The van der Waals surface area contributed by atoms with E-state index >= 15 is 0 Å². The van der Waals surface area contributed by atoms with Crippen LogP contribution in [-0.4, -0.2) is 39.6 Å². The summed E-state index contributed by atoms with van der Waals surface area (Å²) in [7, 11) is 0. The van der Waals surface area contributed by atoms with Gasteiger partial charge in [-0.1, -0.05) is 33.8 Å². The minimum atomic E-state index is -0.887. The predicted octanol–water partition coefficient (Wildman–Crippen LogP) is 3.38. The smallest absolute Gasteiger partial charge is 0.257 e. The molecule has 2 aliphatic rings. The molecule has 4 rings (SSSR count). The highest BCUT2D eigenvalue weighted by Gasteiger charge is 2.69. The van der Waals surface area contributed by atoms with Crippen molar-refractivity contribution >= 4 is 35.0 Å². The van der Waals surface area contributed by atoms with Gasteiger partial charge < -0.3 is 10.2 Å². The van der Waals surface area contributed by atoms with Gasteiger partial charge in [0.15, 0.2) is 0 Å². The van der Waals surface area contributed by atoms with Gasteiger partial charge in [-0.3, -0.25) is 24.2 Å². The number of carbonyl (C=O) groups is 4. The van der Waals surface area contributed by atoms with Gasteiger partial charge in [0.05, 0.1) is 12.1 Å². The Balaban J connectivity index is 1.63. The molecule has 1 aromatic heterocycles. The highest BCUT2D eigenvalue weighted by molar-refractivity contribution is 6.23. The van der Waals surface area contributed by atoms with Crippen LogP contribution < -0.4 is 10.2 Å². The first-order valence-electron chi connectivity index (χ1n) is 11.4. The zero-order valence-electron chi connectivity index (χ0n) is 20.2. The molecule has 1 atom stereocenters. The summed E-state index contributed by atoms with van der Waals surface area (Å²) in [6.07, 6.45) is 3.24. The molecule has 0 bridgehead atoms. The largest absolute Gasteiger partial charge is 0.326 e. The molecule has 1 aromatic carbocycles. The molecule has 178 valence electrons. The number of nitrogens with zero attached hydrogens (tertiary/aromatic N) is 3. The molecule has 8 heteroatoms. The van der Waals surface area contributed by atoms with Gasteiger partial charge in [0.25, 0.3) is 5.91 Å². The van der Waals surface area contributed by atoms with Gasteiger partial charge in [-0.25, -0.2) is 4.90 Å². The number of pyridine rings is 1. The SMILES string of the molecule is CC(=O)Nc1ccc(N2C(=O)CC(N(Cc3cccnc3)C(=O)C3C(C)(C)C3(C)C)C2=O)cc1. The highest BCUT2D eigenvalue weighted by Crippen LogP contribution is 2.69. The number of imide groups is 1. The van der Waals surface area contributed by atoms with Gasteiger partial charge in [-0.05, 0) is 46.7 Å². The van der Waals surface area contributed by atoms with Crippen LogP contribution >= 0.6 is 0 Å². The Morgan fingerprint density at radius 1 is 1.09 bits per heavy atom. The van der Waals surface area contributed by atoms with E-state index in [1.807, 2.05) is 6.07 Å². The van der Waals surface area contributed by atoms with Crippen molar-refractivity contribution in [2.45, 2.75) is 53.6 Å². The number of amides is 4. The first-order valence-corrected chi connectivity index (χ1v) is 11.4. The quantitative estimate of drug-likeness (QED) is 0.664. The Bertz CT molecular complexity index is 1130. The van der Waals surface area contributed by atoms with Crippen LogP contribution in [0.2, 0.25) is 0 Å². The van der Waals surface area contributed by atoms with E-state index in [4.69, 9.17) is 0 Å². The molecule has 1 aliphatic carbocycles. The summed E-state index contributed by atoms with van der Waals surface area (Å²) in [4.78, 5) is 58.3. The van der Waals surface area contributed by atoms with E-state index in [0.717, 1.165) is 10.5 Å². The molecule has 1 unspecified atom stereocenters. The number of anilines is 2. The molecule has 8 nitrogen and oxygen atoms in total. The summed E-state index contributed by atoms with van der Waals surface area (Å²) in [6.45, 7) is 9.84. The Morgan fingerprint density at radius 2 is 1.74 bits per heavy atom. The van der Waals surface area contributed by atoms with Gasteiger partial charge in [0.1, 0.15) is 6.04 Å². The lowest BCUT2D eigenvalue weighted by molar-refractivity contribution is -0.141. The van der Waals surface area contributed by atoms with E-state index < -0.39 is 11.9 Å². The normalized spacial score (nSPS) is 20.9. The predicted molar refractivity (Wildman–Crippen MR) is 127 cm³/mol. The molecule has 2 aromatic rings. The van der Waals surface area contributed by atoms with Crippen LogP contribution in [0.1, 0.15) is 46.6 Å². The third-order valence-corrected chi connectivity index (χ3v) is 7.57. The minimum absolute atomic E-state index is 0.0775. The van der Waals surface area contributed by atoms with Crippen molar-refractivity contribution in [2.24, 2.45) is 16.7 Å². The summed E-state index contributed by atoms with van der Waals surface area (Å²) >= 11 is 0. The van der Waals surface area contributed by atoms with Crippen LogP contribution in [0, 0.1) is 16.7 Å². The molecule has 1 N–H and O–H groups in total. The van der Waals surface area contributed by atoms with Crippen LogP contribution in [0.4, 0.5) is 11.4 Å². The number of carbonyl (C=O) groups excluding carboxylic acids is 4. The number of aromatic nitrogens is 1. The molecule has 1 saturated heterocycles. The highest BCUT2D eigenvalue weighted by atomic mass is 16.2. The first-order chi connectivity index (χ1) is 15.9. The fourth-order valence-electron chi connectivity index (χ4n) is 5.04. The molecular weight excluding hydrogens is 432 g/mol. The van der Waals surface area contributed by atoms with Gasteiger partial charge in [0.2, 0.25) is 17.7 Å². The maximum Gasteiger partial charge on any atom is 0.257 e. The van der Waals surface area contributed by atoms with Gasteiger partial charge in [-0.2, -0.15) is 0 Å². The molecule has 34 heavy (non-hydrogen) atoms. The maximum atomic E-state index is 13.8. The van der Waals surface area contributed by atoms with Crippen molar-refractivity contribution in [1.29, 1.82) is 0 Å². The van der Waals surface area contributed by atoms with Crippen molar-refractivity contribution < 1.29 is 19.2 Å². The van der Waals surface area contributed by atoms with E-state index in [9.17, 15) is 19.2 Å². The minimum Gasteiger partial charge on any atom is -0.326 e. The zero-order valence-corrected chi connectivity index (χ0v) is 20.2. The Hall–Kier alpha value is -3.55. The van der Waals surface area contributed by atoms with Crippen LogP contribution in [0.15, 0.2) is 48.8 Å². The monoisotopic (exact) mass is 462 g/mol. The van der Waals surface area contributed by atoms with Gasteiger partial charge >= 0.3 is 0 Å². The van der Waals surface area contributed by atoms with Crippen molar-refractivity contribution in [3.63, 3.8) is 0 Å². The zero-order chi connectivity index (χ0) is 24.8. The van der Waals surface area contributed by atoms with E-state index in [-0.39, 0.29) is 47.4 Å². The third-order valence-electron chi connectivity index (χ3n) is 7.57. The third kappa shape index (κ3) is 3.97. The average Bonchev–Trinajstić information content (AvgIpc) is 3.01. The summed E-state index contributed by atoms with van der Waals surface area (Å²) < 4.78 is 0. The summed E-state index contributed by atoms with van der Waals surface area (Å²) in [5.74, 6) is -1.36. The topological polar surface area (TPSA) is 99.7 Å². The van der Waals surface area contributed by atoms with Crippen LogP contribution in [0.3, 0.4) is 0 Å². The lowest BCUT2D eigenvalue weighted by Crippen LogP contribution is -2.46. The van der Waals surface area contributed by atoms with E-state index in [2.05, 4.69) is 38.0 Å². The number of hydrogen-bond donors (Lipinski definition) is 1. The summed E-state index contributed by atoms with van der Waals surface area (Å²) in [5, 5.41) is 2.66. The fourth-order valence-corrected chi connectivity index (χ4v) is 5.04. The molecule has 1 saturated carbocycles. The van der Waals surface area contributed by atoms with E-state index in [1.54, 1.807) is 47.6 Å². The molecule has 2 fully saturated rings.